The summed E-state index contributed by atoms with van der Waals surface area (Å²) in [4.78, 5) is 7.06. The van der Waals surface area contributed by atoms with Gasteiger partial charge in [0.15, 0.2) is 0 Å². The summed E-state index contributed by atoms with van der Waals surface area (Å²) >= 11 is 0. The summed E-state index contributed by atoms with van der Waals surface area (Å²) in [6.45, 7) is 5.32. The first kappa shape index (κ1) is 12.4. The third kappa shape index (κ3) is 2.19. The number of hydrogen-bond acceptors (Lipinski definition) is 4. The van der Waals surface area contributed by atoms with Crippen molar-refractivity contribution in [3.05, 3.63) is 24.0 Å². The van der Waals surface area contributed by atoms with Crippen molar-refractivity contribution in [3.8, 4) is 0 Å². The van der Waals surface area contributed by atoms with Crippen LogP contribution in [-0.2, 0) is 11.8 Å². The number of morpholine rings is 1. The lowest BCUT2D eigenvalue weighted by molar-refractivity contribution is 0.122. The van der Waals surface area contributed by atoms with E-state index in [0.29, 0.717) is 0 Å². The normalized spacial score (nSPS) is 17.9. The molecule has 1 aliphatic rings. The molecule has 1 fully saturated rings. The molecule has 0 aliphatic carbocycles. The van der Waals surface area contributed by atoms with E-state index in [9.17, 15) is 0 Å². The van der Waals surface area contributed by atoms with E-state index in [-0.39, 0.29) is 6.04 Å². The molecule has 0 unspecified atom stereocenters. The maximum absolute atomic E-state index is 6.09. The first-order valence-electron chi connectivity index (χ1n) is 6.71. The number of fused-ring (bicyclic) bond motifs is 1. The topological polar surface area (TPSA) is 56.3 Å². The summed E-state index contributed by atoms with van der Waals surface area (Å²) in [5, 5.41) is 0. The SMILES string of the molecule is C[C@@H](N)c1nc2ccn(C)c2cc1N1CCOCC1. The molecule has 0 spiro atoms. The van der Waals surface area contributed by atoms with Crippen LogP contribution in [0.1, 0.15) is 18.7 Å². The van der Waals surface area contributed by atoms with Crippen LogP contribution in [0.15, 0.2) is 18.3 Å². The van der Waals surface area contributed by atoms with E-state index in [1.54, 1.807) is 0 Å². The average molecular weight is 260 g/mol. The van der Waals surface area contributed by atoms with Crippen molar-refractivity contribution in [3.63, 3.8) is 0 Å². The van der Waals surface area contributed by atoms with Gasteiger partial charge in [0.05, 0.1) is 35.6 Å². The van der Waals surface area contributed by atoms with E-state index in [4.69, 9.17) is 15.5 Å². The van der Waals surface area contributed by atoms with E-state index in [2.05, 4.69) is 15.5 Å². The molecular weight excluding hydrogens is 240 g/mol. The Bertz CT molecular complexity index is 584. The van der Waals surface area contributed by atoms with Crippen LogP contribution in [0.5, 0.6) is 0 Å². The van der Waals surface area contributed by atoms with Crippen LogP contribution in [0.4, 0.5) is 5.69 Å². The highest BCUT2D eigenvalue weighted by Gasteiger charge is 2.19. The Balaban J connectivity index is 2.13. The van der Waals surface area contributed by atoms with Crippen molar-refractivity contribution >= 4 is 16.7 Å². The number of aryl methyl sites for hydroxylation is 1. The summed E-state index contributed by atoms with van der Waals surface area (Å²) in [6.07, 6.45) is 2.03. The van der Waals surface area contributed by atoms with E-state index >= 15 is 0 Å². The third-order valence-corrected chi connectivity index (χ3v) is 3.66. The predicted octanol–water partition coefficient (Wildman–Crippen LogP) is 1.43. The number of pyridine rings is 1. The van der Waals surface area contributed by atoms with E-state index in [1.807, 2.05) is 26.2 Å². The molecule has 0 amide bonds. The number of rotatable bonds is 2. The van der Waals surface area contributed by atoms with Gasteiger partial charge in [-0.2, -0.15) is 0 Å². The second-order valence-electron chi connectivity index (χ2n) is 5.11. The molecule has 1 atom stereocenters. The van der Waals surface area contributed by atoms with Gasteiger partial charge in [-0.1, -0.05) is 0 Å². The summed E-state index contributed by atoms with van der Waals surface area (Å²) < 4.78 is 7.51. The molecule has 1 saturated heterocycles. The van der Waals surface area contributed by atoms with Crippen molar-refractivity contribution in [1.29, 1.82) is 0 Å². The fraction of sp³-hybridized carbons (Fsp3) is 0.500. The number of ether oxygens (including phenoxy) is 1. The Labute approximate surface area is 113 Å². The smallest absolute Gasteiger partial charge is 0.0886 e. The molecule has 0 bridgehead atoms. The minimum absolute atomic E-state index is 0.0672. The van der Waals surface area contributed by atoms with E-state index in [0.717, 1.165) is 48.7 Å². The Kier molecular flexibility index (Phi) is 3.16. The van der Waals surface area contributed by atoms with Crippen molar-refractivity contribution in [2.24, 2.45) is 12.8 Å². The predicted molar refractivity (Wildman–Crippen MR) is 76.3 cm³/mol. The van der Waals surface area contributed by atoms with Crippen LogP contribution in [0.2, 0.25) is 0 Å². The van der Waals surface area contributed by atoms with Crippen molar-refractivity contribution in [2.75, 3.05) is 31.2 Å². The monoisotopic (exact) mass is 260 g/mol. The number of nitrogens with zero attached hydrogens (tertiary/aromatic N) is 3. The van der Waals surface area contributed by atoms with Crippen LogP contribution in [0.25, 0.3) is 11.0 Å². The first-order valence-corrected chi connectivity index (χ1v) is 6.71. The molecule has 2 aromatic heterocycles. The summed E-state index contributed by atoms with van der Waals surface area (Å²) in [5.41, 5.74) is 10.4. The van der Waals surface area contributed by atoms with Gasteiger partial charge in [0.2, 0.25) is 0 Å². The zero-order valence-electron chi connectivity index (χ0n) is 11.5. The molecule has 3 rings (SSSR count). The molecule has 0 radical (unpaired) electrons. The lowest BCUT2D eigenvalue weighted by atomic mass is 10.1. The molecule has 2 N–H and O–H groups in total. The molecular formula is C14H20N4O. The standard InChI is InChI=1S/C14H20N4O/c1-10(15)14-13(18-5-7-19-8-6-18)9-12-11(16-14)3-4-17(12)2/h3-4,9-10H,5-8,15H2,1-2H3/t10-/m1/s1. The van der Waals surface area contributed by atoms with Crippen LogP contribution in [0.3, 0.4) is 0 Å². The second kappa shape index (κ2) is 4.83. The molecule has 5 nitrogen and oxygen atoms in total. The molecule has 102 valence electrons. The van der Waals surface area contributed by atoms with Gasteiger partial charge in [-0.05, 0) is 19.1 Å². The van der Waals surface area contributed by atoms with Gasteiger partial charge < -0.3 is 19.9 Å². The van der Waals surface area contributed by atoms with Gasteiger partial charge in [0.1, 0.15) is 0 Å². The lowest BCUT2D eigenvalue weighted by Crippen LogP contribution is -2.37. The van der Waals surface area contributed by atoms with Crippen molar-refractivity contribution in [1.82, 2.24) is 9.55 Å². The molecule has 19 heavy (non-hydrogen) atoms. The minimum atomic E-state index is -0.0672. The number of anilines is 1. The molecule has 0 aromatic carbocycles. The maximum Gasteiger partial charge on any atom is 0.0886 e. The fourth-order valence-corrected chi connectivity index (χ4v) is 2.58. The zero-order valence-corrected chi connectivity index (χ0v) is 11.5. The Morgan fingerprint density at radius 2 is 2.11 bits per heavy atom. The number of hydrogen-bond donors (Lipinski definition) is 1. The van der Waals surface area contributed by atoms with Crippen LogP contribution >= 0.6 is 0 Å². The molecule has 2 aromatic rings. The zero-order chi connectivity index (χ0) is 13.4. The average Bonchev–Trinajstić information content (AvgIpc) is 2.79. The summed E-state index contributed by atoms with van der Waals surface area (Å²) in [5.74, 6) is 0. The molecule has 5 heteroatoms. The quantitative estimate of drug-likeness (QED) is 0.887. The van der Waals surface area contributed by atoms with Crippen LogP contribution < -0.4 is 10.6 Å². The fourth-order valence-electron chi connectivity index (χ4n) is 2.58. The lowest BCUT2D eigenvalue weighted by Gasteiger charge is -2.31. The van der Waals surface area contributed by atoms with Crippen LogP contribution in [-0.4, -0.2) is 35.9 Å². The highest BCUT2D eigenvalue weighted by molar-refractivity contribution is 5.81. The van der Waals surface area contributed by atoms with Gasteiger partial charge in [-0.3, -0.25) is 0 Å². The van der Waals surface area contributed by atoms with Gasteiger partial charge >= 0.3 is 0 Å². The highest BCUT2D eigenvalue weighted by atomic mass is 16.5. The molecule has 1 aliphatic heterocycles. The number of nitrogens with two attached hydrogens (primary N) is 1. The van der Waals surface area contributed by atoms with Gasteiger partial charge in [0, 0.05) is 32.4 Å². The Hall–Kier alpha value is -1.59. The van der Waals surface area contributed by atoms with E-state index < -0.39 is 0 Å². The van der Waals surface area contributed by atoms with E-state index in [1.165, 1.54) is 0 Å². The highest BCUT2D eigenvalue weighted by Crippen LogP contribution is 2.28. The summed E-state index contributed by atoms with van der Waals surface area (Å²) in [7, 11) is 2.04. The van der Waals surface area contributed by atoms with Crippen molar-refractivity contribution in [2.45, 2.75) is 13.0 Å². The van der Waals surface area contributed by atoms with Crippen molar-refractivity contribution < 1.29 is 4.74 Å². The van der Waals surface area contributed by atoms with Gasteiger partial charge in [-0.25, -0.2) is 4.98 Å². The third-order valence-electron chi connectivity index (χ3n) is 3.66. The second-order valence-corrected chi connectivity index (χ2v) is 5.11. The molecule has 0 saturated carbocycles. The Morgan fingerprint density at radius 3 is 2.79 bits per heavy atom. The first-order chi connectivity index (χ1) is 9.16. The summed E-state index contributed by atoms with van der Waals surface area (Å²) in [6, 6.07) is 4.17. The van der Waals surface area contributed by atoms with Gasteiger partial charge in [-0.15, -0.1) is 0 Å². The number of aromatic nitrogens is 2. The van der Waals surface area contributed by atoms with Crippen LogP contribution in [0, 0.1) is 0 Å². The Morgan fingerprint density at radius 1 is 1.37 bits per heavy atom. The minimum Gasteiger partial charge on any atom is -0.378 e. The maximum atomic E-state index is 6.09. The van der Waals surface area contributed by atoms with Gasteiger partial charge in [0.25, 0.3) is 0 Å². The molecule has 3 heterocycles. The largest absolute Gasteiger partial charge is 0.378 e.